The fourth-order valence-electron chi connectivity index (χ4n) is 2.05. The van der Waals surface area contributed by atoms with Crippen molar-refractivity contribution in [3.05, 3.63) is 64.4 Å². The summed E-state index contributed by atoms with van der Waals surface area (Å²) in [5.41, 5.74) is 0.958. The number of hydrogen-bond acceptors (Lipinski definition) is 2. The van der Waals surface area contributed by atoms with E-state index in [0.717, 1.165) is 5.56 Å². The van der Waals surface area contributed by atoms with E-state index in [1.165, 1.54) is 30.3 Å². The summed E-state index contributed by atoms with van der Waals surface area (Å²) < 4.78 is 13.0. The van der Waals surface area contributed by atoms with Crippen LogP contribution in [0.3, 0.4) is 0 Å². The van der Waals surface area contributed by atoms with Crippen LogP contribution in [0, 0.1) is 5.82 Å². The summed E-state index contributed by atoms with van der Waals surface area (Å²) in [6, 6.07) is 10.5. The normalized spacial score (nSPS) is 11.3. The van der Waals surface area contributed by atoms with Crippen molar-refractivity contribution in [3.63, 3.8) is 0 Å². The van der Waals surface area contributed by atoms with Crippen molar-refractivity contribution in [2.75, 3.05) is 6.54 Å². The van der Waals surface area contributed by atoms with Gasteiger partial charge in [-0.25, -0.2) is 4.39 Å². The lowest BCUT2D eigenvalue weighted by Gasteiger charge is -2.25. The SMILES string of the molecule is CC(C)(CNC(=O)c1ccc(O)c(Cl)c1)c1ccc(F)cc1. The van der Waals surface area contributed by atoms with Gasteiger partial charge in [-0.2, -0.15) is 0 Å². The van der Waals surface area contributed by atoms with Crippen molar-refractivity contribution >= 4 is 17.5 Å². The number of aromatic hydroxyl groups is 1. The lowest BCUT2D eigenvalue weighted by Crippen LogP contribution is -2.36. The first-order valence-electron chi connectivity index (χ1n) is 6.82. The predicted molar refractivity (Wildman–Crippen MR) is 84.9 cm³/mol. The third-order valence-corrected chi connectivity index (χ3v) is 3.83. The lowest BCUT2D eigenvalue weighted by atomic mass is 9.84. The van der Waals surface area contributed by atoms with Gasteiger partial charge in [0.25, 0.3) is 5.91 Å². The summed E-state index contributed by atoms with van der Waals surface area (Å²) in [6.45, 7) is 4.31. The van der Waals surface area contributed by atoms with E-state index in [1.807, 2.05) is 13.8 Å². The number of carbonyl (C=O) groups is 1. The van der Waals surface area contributed by atoms with Crippen LogP contribution in [0.5, 0.6) is 5.75 Å². The molecule has 2 N–H and O–H groups in total. The molecule has 0 radical (unpaired) electrons. The van der Waals surface area contributed by atoms with Crippen molar-refractivity contribution < 1.29 is 14.3 Å². The minimum atomic E-state index is -0.343. The highest BCUT2D eigenvalue weighted by Crippen LogP contribution is 2.25. The minimum Gasteiger partial charge on any atom is -0.506 e. The van der Waals surface area contributed by atoms with Gasteiger partial charge in [-0.15, -0.1) is 0 Å². The standard InChI is InChI=1S/C17H17ClFNO2/c1-17(2,12-4-6-13(19)7-5-12)10-20-16(22)11-3-8-15(21)14(18)9-11/h3-9,21H,10H2,1-2H3,(H,20,22). The van der Waals surface area contributed by atoms with Gasteiger partial charge in [-0.3, -0.25) is 4.79 Å². The van der Waals surface area contributed by atoms with E-state index in [0.29, 0.717) is 12.1 Å². The van der Waals surface area contributed by atoms with E-state index < -0.39 is 0 Å². The number of phenolic OH excluding ortho intramolecular Hbond substituents is 1. The van der Waals surface area contributed by atoms with Crippen LogP contribution in [0.1, 0.15) is 29.8 Å². The molecule has 116 valence electrons. The maximum absolute atomic E-state index is 13.0. The van der Waals surface area contributed by atoms with Crippen molar-refractivity contribution in [1.82, 2.24) is 5.32 Å². The molecule has 0 heterocycles. The van der Waals surface area contributed by atoms with E-state index >= 15 is 0 Å². The molecule has 0 aromatic heterocycles. The number of halogens is 2. The molecule has 0 aliphatic rings. The summed E-state index contributed by atoms with van der Waals surface area (Å²) in [6.07, 6.45) is 0. The molecule has 2 aromatic carbocycles. The number of nitrogens with one attached hydrogen (secondary N) is 1. The van der Waals surface area contributed by atoms with Gasteiger partial charge in [-0.05, 0) is 35.9 Å². The highest BCUT2D eigenvalue weighted by molar-refractivity contribution is 6.32. The number of hydrogen-bond donors (Lipinski definition) is 2. The fourth-order valence-corrected chi connectivity index (χ4v) is 2.24. The maximum atomic E-state index is 13.0. The molecule has 2 rings (SSSR count). The van der Waals surface area contributed by atoms with Crippen LogP contribution >= 0.6 is 11.6 Å². The molecule has 0 spiro atoms. The molecule has 0 aliphatic carbocycles. The number of carbonyl (C=O) groups excluding carboxylic acids is 1. The largest absolute Gasteiger partial charge is 0.506 e. The molecule has 0 unspecified atom stereocenters. The molecule has 0 saturated heterocycles. The zero-order chi connectivity index (χ0) is 16.3. The van der Waals surface area contributed by atoms with Crippen molar-refractivity contribution in [1.29, 1.82) is 0 Å². The zero-order valence-corrected chi connectivity index (χ0v) is 13.1. The molecule has 0 bridgehead atoms. The molecule has 22 heavy (non-hydrogen) atoms. The average Bonchev–Trinajstić information content (AvgIpc) is 2.48. The van der Waals surface area contributed by atoms with E-state index in [9.17, 15) is 14.3 Å². The summed E-state index contributed by atoms with van der Waals surface area (Å²) in [5, 5.41) is 12.3. The van der Waals surface area contributed by atoms with Gasteiger partial charge < -0.3 is 10.4 Å². The lowest BCUT2D eigenvalue weighted by molar-refractivity contribution is 0.0945. The van der Waals surface area contributed by atoms with Gasteiger partial charge in [0.15, 0.2) is 0 Å². The Labute approximate surface area is 133 Å². The van der Waals surface area contributed by atoms with Gasteiger partial charge >= 0.3 is 0 Å². The number of benzene rings is 2. The second-order valence-electron chi connectivity index (χ2n) is 5.74. The summed E-state index contributed by atoms with van der Waals surface area (Å²) in [7, 11) is 0. The van der Waals surface area contributed by atoms with Gasteiger partial charge in [0, 0.05) is 17.5 Å². The highest BCUT2D eigenvalue weighted by atomic mass is 35.5. The molecule has 0 atom stereocenters. The third kappa shape index (κ3) is 3.77. The summed E-state index contributed by atoms with van der Waals surface area (Å²) >= 11 is 5.79. The van der Waals surface area contributed by atoms with Crippen LogP contribution in [-0.2, 0) is 5.41 Å². The van der Waals surface area contributed by atoms with Crippen LogP contribution in [0.25, 0.3) is 0 Å². The fraction of sp³-hybridized carbons (Fsp3) is 0.235. The maximum Gasteiger partial charge on any atom is 0.251 e. The Morgan fingerprint density at radius 3 is 2.45 bits per heavy atom. The summed E-state index contributed by atoms with van der Waals surface area (Å²) in [5.74, 6) is -0.635. The Kier molecular flexibility index (Phi) is 4.71. The number of rotatable bonds is 4. The molecular weight excluding hydrogens is 305 g/mol. The molecular formula is C17H17ClFNO2. The molecule has 0 fully saturated rings. The quantitative estimate of drug-likeness (QED) is 0.897. The van der Waals surface area contributed by atoms with Gasteiger partial charge in [0.1, 0.15) is 11.6 Å². The molecule has 2 aromatic rings. The first-order valence-corrected chi connectivity index (χ1v) is 7.20. The second kappa shape index (κ2) is 6.36. The van der Waals surface area contributed by atoms with Gasteiger partial charge in [0.05, 0.1) is 5.02 Å². The first kappa shape index (κ1) is 16.3. The van der Waals surface area contributed by atoms with Crippen molar-refractivity contribution in [2.45, 2.75) is 19.3 Å². The molecule has 0 saturated carbocycles. The average molecular weight is 322 g/mol. The Morgan fingerprint density at radius 1 is 1.23 bits per heavy atom. The second-order valence-corrected chi connectivity index (χ2v) is 6.15. The van der Waals surface area contributed by atoms with Crippen LogP contribution in [0.15, 0.2) is 42.5 Å². The number of amides is 1. The first-order chi connectivity index (χ1) is 10.3. The Bertz CT molecular complexity index is 684. The van der Waals surface area contributed by atoms with Crippen molar-refractivity contribution in [3.8, 4) is 5.75 Å². The van der Waals surface area contributed by atoms with Gasteiger partial charge in [0.2, 0.25) is 0 Å². The van der Waals surface area contributed by atoms with E-state index in [1.54, 1.807) is 12.1 Å². The van der Waals surface area contributed by atoms with E-state index in [2.05, 4.69) is 5.32 Å². The highest BCUT2D eigenvalue weighted by Gasteiger charge is 2.22. The molecule has 0 aliphatic heterocycles. The van der Waals surface area contributed by atoms with Crippen LogP contribution in [-0.4, -0.2) is 17.6 Å². The predicted octanol–water partition coefficient (Wildman–Crippen LogP) is 3.89. The van der Waals surface area contributed by atoms with Crippen molar-refractivity contribution in [2.24, 2.45) is 0 Å². The Balaban J connectivity index is 2.06. The Hall–Kier alpha value is -2.07. The number of phenols is 1. The van der Waals surface area contributed by atoms with Gasteiger partial charge in [-0.1, -0.05) is 37.6 Å². The molecule has 1 amide bonds. The van der Waals surface area contributed by atoms with E-state index in [4.69, 9.17) is 11.6 Å². The third-order valence-electron chi connectivity index (χ3n) is 3.53. The van der Waals surface area contributed by atoms with Crippen LogP contribution in [0.4, 0.5) is 4.39 Å². The zero-order valence-electron chi connectivity index (χ0n) is 12.4. The molecule has 5 heteroatoms. The monoisotopic (exact) mass is 321 g/mol. The summed E-state index contributed by atoms with van der Waals surface area (Å²) in [4.78, 5) is 12.1. The van der Waals surface area contributed by atoms with E-state index in [-0.39, 0.29) is 27.9 Å². The smallest absolute Gasteiger partial charge is 0.251 e. The minimum absolute atomic E-state index is 0.0649. The van der Waals surface area contributed by atoms with Crippen LogP contribution < -0.4 is 5.32 Å². The molecule has 3 nitrogen and oxygen atoms in total. The van der Waals surface area contributed by atoms with Crippen LogP contribution in [0.2, 0.25) is 5.02 Å². The Morgan fingerprint density at radius 2 is 1.86 bits per heavy atom. The topological polar surface area (TPSA) is 49.3 Å².